The molecule has 0 atom stereocenters. The zero-order valence-corrected chi connectivity index (χ0v) is 12.3. The standard InChI is InChI=1S/C17H20FNO/c1-11-5-7-15(13(9-11)17(2,3)4)20-16-8-6-12(19)10-14(16)18/h5-10H,19H2,1-4H3. The van der Waals surface area contributed by atoms with Gasteiger partial charge in [-0.05, 0) is 30.5 Å². The molecular weight excluding hydrogens is 253 g/mol. The summed E-state index contributed by atoms with van der Waals surface area (Å²) in [5.74, 6) is 0.408. The lowest BCUT2D eigenvalue weighted by Gasteiger charge is -2.23. The first-order chi connectivity index (χ1) is 9.27. The molecule has 3 heteroatoms. The van der Waals surface area contributed by atoms with E-state index in [2.05, 4.69) is 26.8 Å². The monoisotopic (exact) mass is 273 g/mol. The van der Waals surface area contributed by atoms with Gasteiger partial charge in [-0.25, -0.2) is 4.39 Å². The zero-order chi connectivity index (χ0) is 14.9. The largest absolute Gasteiger partial charge is 0.454 e. The highest BCUT2D eigenvalue weighted by atomic mass is 19.1. The predicted molar refractivity (Wildman–Crippen MR) is 80.8 cm³/mol. The lowest BCUT2D eigenvalue weighted by molar-refractivity contribution is 0.425. The maximum Gasteiger partial charge on any atom is 0.167 e. The van der Waals surface area contributed by atoms with E-state index in [1.54, 1.807) is 12.1 Å². The van der Waals surface area contributed by atoms with Gasteiger partial charge in [-0.3, -0.25) is 0 Å². The van der Waals surface area contributed by atoms with Crippen LogP contribution in [0.25, 0.3) is 0 Å². The smallest absolute Gasteiger partial charge is 0.167 e. The molecule has 0 saturated heterocycles. The number of aryl methyl sites for hydroxylation is 1. The van der Waals surface area contributed by atoms with Gasteiger partial charge in [0.15, 0.2) is 11.6 Å². The fourth-order valence-corrected chi connectivity index (χ4v) is 2.04. The molecule has 2 nitrogen and oxygen atoms in total. The van der Waals surface area contributed by atoms with Gasteiger partial charge in [0.05, 0.1) is 0 Å². The van der Waals surface area contributed by atoms with Crippen LogP contribution in [-0.4, -0.2) is 0 Å². The summed E-state index contributed by atoms with van der Waals surface area (Å²) < 4.78 is 19.6. The first kappa shape index (κ1) is 14.4. The Bertz CT molecular complexity index is 629. The highest BCUT2D eigenvalue weighted by Crippen LogP contribution is 2.35. The summed E-state index contributed by atoms with van der Waals surface area (Å²) in [7, 11) is 0. The number of benzene rings is 2. The van der Waals surface area contributed by atoms with E-state index in [0.29, 0.717) is 11.4 Å². The number of nitrogens with two attached hydrogens (primary N) is 1. The number of nitrogen functional groups attached to an aromatic ring is 1. The molecule has 0 amide bonds. The molecule has 0 aliphatic rings. The number of hydrogen-bond donors (Lipinski definition) is 1. The molecule has 0 heterocycles. The Labute approximate surface area is 119 Å². The van der Waals surface area contributed by atoms with Gasteiger partial charge >= 0.3 is 0 Å². The number of hydrogen-bond acceptors (Lipinski definition) is 2. The molecule has 2 aromatic rings. The van der Waals surface area contributed by atoms with Crippen LogP contribution in [-0.2, 0) is 5.41 Å². The van der Waals surface area contributed by atoms with Crippen molar-refractivity contribution in [2.24, 2.45) is 0 Å². The minimum absolute atomic E-state index is 0.0777. The van der Waals surface area contributed by atoms with Crippen LogP contribution < -0.4 is 10.5 Å². The Hall–Kier alpha value is -2.03. The molecule has 2 aromatic carbocycles. The van der Waals surface area contributed by atoms with Gasteiger partial charge < -0.3 is 10.5 Å². The molecule has 0 aliphatic heterocycles. The summed E-state index contributed by atoms with van der Waals surface area (Å²) >= 11 is 0. The van der Waals surface area contributed by atoms with Crippen LogP contribution in [0.3, 0.4) is 0 Å². The van der Waals surface area contributed by atoms with E-state index in [4.69, 9.17) is 10.5 Å². The molecule has 2 rings (SSSR count). The van der Waals surface area contributed by atoms with Crippen molar-refractivity contribution in [3.8, 4) is 11.5 Å². The molecule has 0 radical (unpaired) electrons. The Morgan fingerprint density at radius 3 is 2.25 bits per heavy atom. The van der Waals surface area contributed by atoms with Crippen LogP contribution in [0.1, 0.15) is 31.9 Å². The number of rotatable bonds is 2. The Morgan fingerprint density at radius 2 is 1.65 bits per heavy atom. The van der Waals surface area contributed by atoms with E-state index >= 15 is 0 Å². The Kier molecular flexibility index (Phi) is 3.71. The third kappa shape index (κ3) is 3.10. The lowest BCUT2D eigenvalue weighted by atomic mass is 9.85. The molecule has 0 unspecified atom stereocenters. The van der Waals surface area contributed by atoms with Gasteiger partial charge in [-0.1, -0.05) is 38.5 Å². The lowest BCUT2D eigenvalue weighted by Crippen LogP contribution is -2.13. The summed E-state index contributed by atoms with van der Waals surface area (Å²) in [6.07, 6.45) is 0. The number of anilines is 1. The Morgan fingerprint density at radius 1 is 1.00 bits per heavy atom. The van der Waals surface area contributed by atoms with Crippen LogP contribution in [0.4, 0.5) is 10.1 Å². The van der Waals surface area contributed by atoms with Crippen molar-refractivity contribution in [1.29, 1.82) is 0 Å². The van der Waals surface area contributed by atoms with Crippen molar-refractivity contribution in [3.05, 3.63) is 53.3 Å². The molecule has 0 aliphatic carbocycles. The second-order valence-electron chi connectivity index (χ2n) is 6.04. The number of ether oxygens (including phenoxy) is 1. The zero-order valence-electron chi connectivity index (χ0n) is 12.3. The van der Waals surface area contributed by atoms with Gasteiger partial charge in [0.25, 0.3) is 0 Å². The molecule has 0 aromatic heterocycles. The average molecular weight is 273 g/mol. The highest BCUT2D eigenvalue weighted by molar-refractivity contribution is 5.47. The average Bonchev–Trinajstić information content (AvgIpc) is 2.33. The summed E-state index contributed by atoms with van der Waals surface area (Å²) in [6.45, 7) is 8.35. The molecule has 0 bridgehead atoms. The molecule has 0 saturated carbocycles. The quantitative estimate of drug-likeness (QED) is 0.797. The summed E-state index contributed by atoms with van der Waals surface area (Å²) in [6, 6.07) is 10.4. The normalized spacial score (nSPS) is 11.4. The summed E-state index contributed by atoms with van der Waals surface area (Å²) in [5, 5.41) is 0. The third-order valence-corrected chi connectivity index (χ3v) is 3.12. The topological polar surface area (TPSA) is 35.2 Å². The Balaban J connectivity index is 2.43. The first-order valence-corrected chi connectivity index (χ1v) is 6.61. The maximum atomic E-state index is 13.8. The van der Waals surface area contributed by atoms with E-state index in [-0.39, 0.29) is 11.2 Å². The third-order valence-electron chi connectivity index (χ3n) is 3.12. The van der Waals surface area contributed by atoms with Crippen molar-refractivity contribution in [2.45, 2.75) is 33.1 Å². The van der Waals surface area contributed by atoms with E-state index in [1.165, 1.54) is 6.07 Å². The van der Waals surface area contributed by atoms with Gasteiger partial charge in [-0.15, -0.1) is 0 Å². The molecule has 0 spiro atoms. The fraction of sp³-hybridized carbons (Fsp3) is 0.294. The summed E-state index contributed by atoms with van der Waals surface area (Å²) in [4.78, 5) is 0. The SMILES string of the molecule is Cc1ccc(Oc2ccc(N)cc2F)c(C(C)(C)C)c1. The predicted octanol–water partition coefficient (Wildman–Crippen LogP) is 4.81. The van der Waals surface area contributed by atoms with Gasteiger partial charge in [0, 0.05) is 17.3 Å². The van der Waals surface area contributed by atoms with Crippen LogP contribution in [0, 0.1) is 12.7 Å². The van der Waals surface area contributed by atoms with Crippen molar-refractivity contribution in [2.75, 3.05) is 5.73 Å². The van der Waals surface area contributed by atoms with E-state index in [0.717, 1.165) is 11.1 Å². The number of halogens is 1. The second-order valence-corrected chi connectivity index (χ2v) is 6.04. The van der Waals surface area contributed by atoms with Crippen LogP contribution in [0.5, 0.6) is 11.5 Å². The van der Waals surface area contributed by atoms with E-state index in [1.807, 2.05) is 19.1 Å². The maximum absolute atomic E-state index is 13.8. The molecule has 106 valence electrons. The minimum atomic E-state index is -0.453. The molecule has 0 fully saturated rings. The van der Waals surface area contributed by atoms with Gasteiger partial charge in [0.2, 0.25) is 0 Å². The first-order valence-electron chi connectivity index (χ1n) is 6.61. The van der Waals surface area contributed by atoms with Crippen molar-refractivity contribution < 1.29 is 9.13 Å². The van der Waals surface area contributed by atoms with Crippen molar-refractivity contribution >= 4 is 5.69 Å². The van der Waals surface area contributed by atoms with Crippen LogP contribution in [0.2, 0.25) is 0 Å². The van der Waals surface area contributed by atoms with Crippen LogP contribution >= 0.6 is 0 Å². The minimum Gasteiger partial charge on any atom is -0.454 e. The van der Waals surface area contributed by atoms with E-state index < -0.39 is 5.82 Å². The van der Waals surface area contributed by atoms with Crippen LogP contribution in [0.15, 0.2) is 36.4 Å². The molecular formula is C17H20FNO. The van der Waals surface area contributed by atoms with E-state index in [9.17, 15) is 4.39 Å². The highest BCUT2D eigenvalue weighted by Gasteiger charge is 2.20. The van der Waals surface area contributed by atoms with Gasteiger partial charge in [0.1, 0.15) is 5.75 Å². The molecule has 2 N–H and O–H groups in total. The van der Waals surface area contributed by atoms with Crippen molar-refractivity contribution in [3.63, 3.8) is 0 Å². The second kappa shape index (κ2) is 5.16. The summed E-state index contributed by atoms with van der Waals surface area (Å²) in [5.41, 5.74) is 8.05. The van der Waals surface area contributed by atoms with Gasteiger partial charge in [-0.2, -0.15) is 0 Å². The fourth-order valence-electron chi connectivity index (χ4n) is 2.04. The molecule has 20 heavy (non-hydrogen) atoms. The van der Waals surface area contributed by atoms with Crippen molar-refractivity contribution in [1.82, 2.24) is 0 Å².